The average Bonchev–Trinajstić information content (AvgIpc) is 2.66. The fourth-order valence-corrected chi connectivity index (χ4v) is 3.87. The molecule has 25 heavy (non-hydrogen) atoms. The van der Waals surface area contributed by atoms with Crippen LogP contribution >= 0.6 is 11.8 Å². The van der Waals surface area contributed by atoms with Crippen molar-refractivity contribution in [1.82, 2.24) is 15.5 Å². The first-order valence-electron chi connectivity index (χ1n) is 9.52. The van der Waals surface area contributed by atoms with Crippen molar-refractivity contribution in [3.8, 4) is 0 Å². The van der Waals surface area contributed by atoms with Crippen LogP contribution in [0.4, 0.5) is 0 Å². The zero-order valence-electron chi connectivity index (χ0n) is 16.1. The molecule has 0 spiro atoms. The van der Waals surface area contributed by atoms with Crippen molar-refractivity contribution in [2.75, 3.05) is 38.7 Å². The number of nitrogens with one attached hydrogen (secondary N) is 2. The third-order valence-electron chi connectivity index (χ3n) is 4.94. The van der Waals surface area contributed by atoms with Crippen LogP contribution in [0, 0.1) is 0 Å². The van der Waals surface area contributed by atoms with Crippen LogP contribution in [0.25, 0.3) is 0 Å². The monoisotopic (exact) mass is 362 g/mol. The summed E-state index contributed by atoms with van der Waals surface area (Å²) in [4.78, 5) is 6.98. The quantitative estimate of drug-likeness (QED) is 0.402. The van der Waals surface area contributed by atoms with Gasteiger partial charge in [-0.05, 0) is 48.8 Å². The van der Waals surface area contributed by atoms with Gasteiger partial charge in [-0.2, -0.15) is 11.8 Å². The number of thioether (sulfide) groups is 1. The number of benzene rings is 1. The van der Waals surface area contributed by atoms with Crippen LogP contribution < -0.4 is 10.6 Å². The molecule has 1 aromatic rings. The summed E-state index contributed by atoms with van der Waals surface area (Å²) in [5, 5.41) is 6.96. The van der Waals surface area contributed by atoms with Gasteiger partial charge in [-0.3, -0.25) is 9.89 Å². The van der Waals surface area contributed by atoms with E-state index in [1.807, 2.05) is 18.8 Å². The highest BCUT2D eigenvalue weighted by molar-refractivity contribution is 7.98. The predicted octanol–water partition coefficient (Wildman–Crippen LogP) is 3.13. The highest BCUT2D eigenvalue weighted by Crippen LogP contribution is 2.21. The molecule has 0 saturated carbocycles. The second-order valence-electron chi connectivity index (χ2n) is 6.63. The van der Waals surface area contributed by atoms with Gasteiger partial charge in [-0.15, -0.1) is 0 Å². The Kier molecular flexibility index (Phi) is 9.19. The zero-order chi connectivity index (χ0) is 17.9. The van der Waals surface area contributed by atoms with Gasteiger partial charge in [0.2, 0.25) is 0 Å². The highest BCUT2D eigenvalue weighted by atomic mass is 32.2. The lowest BCUT2D eigenvalue weighted by molar-refractivity contribution is 0.174. The van der Waals surface area contributed by atoms with Crippen LogP contribution in [-0.4, -0.2) is 55.6 Å². The number of fused-ring (bicyclic) bond motifs is 1. The van der Waals surface area contributed by atoms with Crippen LogP contribution in [0.5, 0.6) is 0 Å². The maximum absolute atomic E-state index is 4.36. The summed E-state index contributed by atoms with van der Waals surface area (Å²) in [6.07, 6.45) is 6.93. The molecule has 4 nitrogen and oxygen atoms in total. The minimum atomic E-state index is 0.545. The summed E-state index contributed by atoms with van der Waals surface area (Å²) in [5.74, 6) is 2.17. The topological polar surface area (TPSA) is 39.7 Å². The van der Waals surface area contributed by atoms with Crippen molar-refractivity contribution in [3.63, 3.8) is 0 Å². The Morgan fingerprint density at radius 3 is 2.76 bits per heavy atom. The molecule has 2 N–H and O–H groups in total. The van der Waals surface area contributed by atoms with Gasteiger partial charge in [-0.1, -0.05) is 31.2 Å². The molecular weight excluding hydrogens is 328 g/mol. The molecule has 1 aromatic carbocycles. The third-order valence-corrected chi connectivity index (χ3v) is 5.64. The fraction of sp³-hybridized carbons (Fsp3) is 0.650. The molecule has 0 aliphatic carbocycles. The van der Waals surface area contributed by atoms with Gasteiger partial charge in [0.25, 0.3) is 0 Å². The first-order valence-corrected chi connectivity index (χ1v) is 10.9. The van der Waals surface area contributed by atoms with E-state index in [0.29, 0.717) is 6.04 Å². The third kappa shape index (κ3) is 6.55. The van der Waals surface area contributed by atoms with E-state index < -0.39 is 0 Å². The Hall–Kier alpha value is -1.20. The Morgan fingerprint density at radius 2 is 2.04 bits per heavy atom. The van der Waals surface area contributed by atoms with Crippen LogP contribution in [0.1, 0.15) is 37.3 Å². The van der Waals surface area contributed by atoms with Crippen LogP contribution in [0.2, 0.25) is 0 Å². The Morgan fingerprint density at radius 1 is 1.24 bits per heavy atom. The molecule has 0 saturated heterocycles. The van der Waals surface area contributed by atoms with E-state index in [-0.39, 0.29) is 0 Å². The molecule has 0 fully saturated rings. The first-order chi connectivity index (χ1) is 12.3. The molecule has 5 heteroatoms. The minimum absolute atomic E-state index is 0.545. The molecule has 2 rings (SSSR count). The van der Waals surface area contributed by atoms with E-state index in [9.17, 15) is 0 Å². The van der Waals surface area contributed by atoms with E-state index in [1.54, 1.807) is 0 Å². The van der Waals surface area contributed by atoms with Crippen molar-refractivity contribution in [2.45, 2.75) is 45.2 Å². The predicted molar refractivity (Wildman–Crippen MR) is 112 cm³/mol. The second kappa shape index (κ2) is 11.4. The van der Waals surface area contributed by atoms with E-state index >= 15 is 0 Å². The van der Waals surface area contributed by atoms with Gasteiger partial charge in [0, 0.05) is 39.3 Å². The number of hydrogen-bond donors (Lipinski definition) is 2. The standard InChI is InChI=1S/C20H34N4S/c1-4-19(15-23-20(21-2)22-12-7-8-14-25-3)24-13-11-17-9-5-6-10-18(17)16-24/h5-6,9-10,19H,4,7-8,11-16H2,1-3H3,(H2,21,22,23). The molecule has 1 aliphatic heterocycles. The van der Waals surface area contributed by atoms with Gasteiger partial charge in [0.15, 0.2) is 5.96 Å². The average molecular weight is 363 g/mol. The lowest BCUT2D eigenvalue weighted by Gasteiger charge is -2.35. The van der Waals surface area contributed by atoms with Crippen LogP contribution in [-0.2, 0) is 13.0 Å². The minimum Gasteiger partial charge on any atom is -0.356 e. The van der Waals surface area contributed by atoms with Gasteiger partial charge in [0.05, 0.1) is 0 Å². The summed E-state index contributed by atoms with van der Waals surface area (Å²) in [6.45, 7) is 6.44. The number of rotatable bonds is 9. The molecule has 1 heterocycles. The second-order valence-corrected chi connectivity index (χ2v) is 7.62. The number of hydrogen-bond acceptors (Lipinski definition) is 3. The van der Waals surface area contributed by atoms with Crippen molar-refractivity contribution in [3.05, 3.63) is 35.4 Å². The van der Waals surface area contributed by atoms with Gasteiger partial charge in [0.1, 0.15) is 0 Å². The Balaban J connectivity index is 1.77. The summed E-state index contributed by atoms with van der Waals surface area (Å²) >= 11 is 1.92. The van der Waals surface area contributed by atoms with E-state index in [4.69, 9.17) is 0 Å². The Labute approximate surface area is 157 Å². The summed E-state index contributed by atoms with van der Waals surface area (Å²) in [5.41, 5.74) is 3.01. The molecule has 0 radical (unpaired) electrons. The van der Waals surface area contributed by atoms with Crippen molar-refractivity contribution in [2.24, 2.45) is 4.99 Å². The number of unbranched alkanes of at least 4 members (excludes halogenated alkanes) is 1. The number of aliphatic imine (C=N–C) groups is 1. The van der Waals surface area contributed by atoms with Crippen molar-refractivity contribution in [1.29, 1.82) is 0 Å². The molecule has 1 atom stereocenters. The van der Waals surface area contributed by atoms with E-state index in [0.717, 1.165) is 45.0 Å². The van der Waals surface area contributed by atoms with Crippen LogP contribution in [0.3, 0.4) is 0 Å². The normalized spacial score (nSPS) is 16.4. The van der Waals surface area contributed by atoms with Gasteiger partial charge < -0.3 is 10.6 Å². The fourth-order valence-electron chi connectivity index (χ4n) is 3.37. The molecule has 1 aliphatic rings. The molecule has 140 valence electrons. The van der Waals surface area contributed by atoms with Crippen molar-refractivity contribution < 1.29 is 0 Å². The maximum Gasteiger partial charge on any atom is 0.191 e. The number of nitrogens with zero attached hydrogens (tertiary/aromatic N) is 2. The highest BCUT2D eigenvalue weighted by Gasteiger charge is 2.22. The molecule has 0 amide bonds. The van der Waals surface area contributed by atoms with Crippen LogP contribution in [0.15, 0.2) is 29.3 Å². The van der Waals surface area contributed by atoms with Gasteiger partial charge in [-0.25, -0.2) is 0 Å². The Bertz CT molecular complexity index is 532. The summed E-state index contributed by atoms with van der Waals surface area (Å²) in [7, 11) is 1.86. The number of guanidine groups is 1. The molecule has 1 unspecified atom stereocenters. The lowest BCUT2D eigenvalue weighted by atomic mass is 9.98. The summed E-state index contributed by atoms with van der Waals surface area (Å²) < 4.78 is 0. The van der Waals surface area contributed by atoms with Gasteiger partial charge >= 0.3 is 0 Å². The van der Waals surface area contributed by atoms with Crippen molar-refractivity contribution >= 4 is 17.7 Å². The summed E-state index contributed by atoms with van der Waals surface area (Å²) in [6, 6.07) is 9.40. The SMILES string of the molecule is CCC(CNC(=NC)NCCCCSC)N1CCc2ccccc2C1. The van der Waals surface area contributed by atoms with E-state index in [1.165, 1.54) is 29.7 Å². The smallest absolute Gasteiger partial charge is 0.191 e. The molecule has 0 bridgehead atoms. The lowest BCUT2D eigenvalue weighted by Crippen LogP contribution is -2.48. The molecular formula is C20H34N4S. The first kappa shape index (κ1) is 20.1. The van der Waals surface area contributed by atoms with E-state index in [2.05, 4.69) is 58.0 Å². The largest absolute Gasteiger partial charge is 0.356 e. The molecule has 0 aromatic heterocycles. The zero-order valence-corrected chi connectivity index (χ0v) is 16.9. The maximum atomic E-state index is 4.36.